The van der Waals surface area contributed by atoms with E-state index in [1.54, 1.807) is 5.51 Å². The molecule has 1 aromatic heterocycles. The van der Waals surface area contributed by atoms with Crippen LogP contribution in [-0.4, -0.2) is 4.98 Å². The fourth-order valence-electron chi connectivity index (χ4n) is 1.10. The van der Waals surface area contributed by atoms with Crippen molar-refractivity contribution >= 4 is 21.6 Å². The van der Waals surface area contributed by atoms with Gasteiger partial charge in [0.25, 0.3) is 0 Å². The molecule has 0 radical (unpaired) electrons. The number of aryl methyl sites for hydroxylation is 1. The molecular weight excluding hydrogens is 185 g/mol. The number of hydrogen-bond acceptors (Lipinski definition) is 2. The number of halogens is 1. The number of aromatic nitrogens is 1. The van der Waals surface area contributed by atoms with E-state index >= 15 is 0 Å². The summed E-state index contributed by atoms with van der Waals surface area (Å²) in [5, 5.41) is 0. The Labute approximate surface area is 81.2 Å². The van der Waals surface area contributed by atoms with Gasteiger partial charge in [0.1, 0.15) is 5.82 Å². The van der Waals surface area contributed by atoms with Crippen molar-refractivity contribution in [2.24, 2.45) is 0 Å². The first kappa shape index (κ1) is 10.1. The molecule has 0 spiro atoms. The van der Waals surface area contributed by atoms with Crippen LogP contribution in [0.15, 0.2) is 17.6 Å². The van der Waals surface area contributed by atoms with Gasteiger partial charge < -0.3 is 0 Å². The van der Waals surface area contributed by atoms with Crippen molar-refractivity contribution in [2.45, 2.75) is 20.8 Å². The zero-order chi connectivity index (χ0) is 9.84. The molecule has 2 aromatic rings. The van der Waals surface area contributed by atoms with Crippen LogP contribution in [-0.2, 0) is 0 Å². The third-order valence-electron chi connectivity index (χ3n) is 1.59. The third-order valence-corrected chi connectivity index (χ3v) is 2.37. The Morgan fingerprint density at radius 1 is 1.31 bits per heavy atom. The highest BCUT2D eigenvalue weighted by Gasteiger charge is 2.01. The molecule has 0 bridgehead atoms. The largest absolute Gasteiger partial charge is 0.244 e. The maximum atomic E-state index is 12.8. The zero-order valence-electron chi connectivity index (χ0n) is 7.97. The molecule has 1 aromatic carbocycles. The highest BCUT2D eigenvalue weighted by Crippen LogP contribution is 2.21. The smallest absolute Gasteiger partial charge is 0.125 e. The molecule has 0 saturated heterocycles. The molecule has 0 aliphatic rings. The molecule has 0 atom stereocenters. The van der Waals surface area contributed by atoms with Crippen LogP contribution in [0, 0.1) is 12.7 Å². The van der Waals surface area contributed by atoms with Gasteiger partial charge in [0.05, 0.1) is 15.7 Å². The van der Waals surface area contributed by atoms with E-state index in [-0.39, 0.29) is 5.82 Å². The summed E-state index contributed by atoms with van der Waals surface area (Å²) in [5.41, 5.74) is 3.55. The van der Waals surface area contributed by atoms with E-state index in [2.05, 4.69) is 4.98 Å². The second kappa shape index (κ2) is 4.33. The van der Waals surface area contributed by atoms with E-state index < -0.39 is 0 Å². The number of thiazole rings is 1. The predicted molar refractivity (Wildman–Crippen MR) is 55.7 cm³/mol. The summed E-state index contributed by atoms with van der Waals surface area (Å²) in [6.45, 7) is 5.87. The van der Waals surface area contributed by atoms with Gasteiger partial charge in [-0.3, -0.25) is 0 Å². The first-order valence-corrected chi connectivity index (χ1v) is 5.14. The number of rotatable bonds is 0. The van der Waals surface area contributed by atoms with Gasteiger partial charge in [-0.2, -0.15) is 0 Å². The van der Waals surface area contributed by atoms with Crippen LogP contribution >= 0.6 is 11.3 Å². The van der Waals surface area contributed by atoms with Crippen LogP contribution in [0.3, 0.4) is 0 Å². The summed E-state index contributed by atoms with van der Waals surface area (Å²) in [4.78, 5) is 4.11. The minimum absolute atomic E-state index is 0.181. The molecule has 0 N–H and O–H groups in total. The molecule has 0 saturated carbocycles. The average Bonchev–Trinajstić information content (AvgIpc) is 2.55. The van der Waals surface area contributed by atoms with Gasteiger partial charge in [-0.1, -0.05) is 13.8 Å². The SMILES string of the molecule is CC.Cc1cc(F)cc2scnc12. The second-order valence-corrected chi connectivity index (χ2v) is 3.31. The van der Waals surface area contributed by atoms with Crippen molar-refractivity contribution in [1.82, 2.24) is 4.98 Å². The molecule has 13 heavy (non-hydrogen) atoms. The Kier molecular flexibility index (Phi) is 3.37. The average molecular weight is 197 g/mol. The van der Waals surface area contributed by atoms with Crippen LogP contribution < -0.4 is 0 Å². The molecule has 1 heterocycles. The van der Waals surface area contributed by atoms with E-state index in [1.165, 1.54) is 23.5 Å². The van der Waals surface area contributed by atoms with Gasteiger partial charge >= 0.3 is 0 Å². The summed E-state index contributed by atoms with van der Waals surface area (Å²) in [5.74, 6) is -0.181. The van der Waals surface area contributed by atoms with Gasteiger partial charge in [0, 0.05) is 0 Å². The van der Waals surface area contributed by atoms with Gasteiger partial charge in [0.2, 0.25) is 0 Å². The van der Waals surface area contributed by atoms with E-state index in [0.29, 0.717) is 0 Å². The molecule has 70 valence electrons. The van der Waals surface area contributed by atoms with Crippen LogP contribution in [0.5, 0.6) is 0 Å². The Hall–Kier alpha value is -0.960. The third kappa shape index (κ3) is 2.04. The maximum Gasteiger partial charge on any atom is 0.125 e. The number of hydrogen-bond donors (Lipinski definition) is 0. The lowest BCUT2D eigenvalue weighted by atomic mass is 10.2. The van der Waals surface area contributed by atoms with E-state index in [1.807, 2.05) is 20.8 Å². The van der Waals surface area contributed by atoms with Crippen molar-refractivity contribution < 1.29 is 4.39 Å². The lowest BCUT2D eigenvalue weighted by Crippen LogP contribution is -1.78. The highest BCUT2D eigenvalue weighted by atomic mass is 32.1. The van der Waals surface area contributed by atoms with Gasteiger partial charge in [-0.05, 0) is 24.6 Å². The van der Waals surface area contributed by atoms with E-state index in [0.717, 1.165) is 15.8 Å². The van der Waals surface area contributed by atoms with Crippen molar-refractivity contribution in [3.8, 4) is 0 Å². The minimum atomic E-state index is -0.181. The van der Waals surface area contributed by atoms with Crippen LogP contribution in [0.25, 0.3) is 10.2 Å². The summed E-state index contributed by atoms with van der Waals surface area (Å²) in [6, 6.07) is 3.02. The Morgan fingerprint density at radius 3 is 2.69 bits per heavy atom. The lowest BCUT2D eigenvalue weighted by Gasteiger charge is -1.93. The molecule has 0 aliphatic heterocycles. The van der Waals surface area contributed by atoms with E-state index in [4.69, 9.17) is 0 Å². The molecule has 0 aliphatic carbocycles. The van der Waals surface area contributed by atoms with Crippen LogP contribution in [0.2, 0.25) is 0 Å². The van der Waals surface area contributed by atoms with Crippen LogP contribution in [0.1, 0.15) is 19.4 Å². The number of fused-ring (bicyclic) bond motifs is 1. The zero-order valence-corrected chi connectivity index (χ0v) is 8.78. The first-order chi connectivity index (χ1) is 6.27. The molecule has 1 nitrogen and oxygen atoms in total. The summed E-state index contributed by atoms with van der Waals surface area (Å²) < 4.78 is 13.7. The highest BCUT2D eigenvalue weighted by molar-refractivity contribution is 7.16. The Morgan fingerprint density at radius 2 is 2.00 bits per heavy atom. The topological polar surface area (TPSA) is 12.9 Å². The predicted octanol–water partition coefficient (Wildman–Crippen LogP) is 3.77. The summed E-state index contributed by atoms with van der Waals surface area (Å²) >= 11 is 1.46. The molecule has 2 rings (SSSR count). The van der Waals surface area contributed by atoms with Gasteiger partial charge in [0.15, 0.2) is 0 Å². The number of nitrogens with zero attached hydrogens (tertiary/aromatic N) is 1. The maximum absolute atomic E-state index is 12.8. The van der Waals surface area contributed by atoms with Crippen molar-refractivity contribution in [3.63, 3.8) is 0 Å². The van der Waals surface area contributed by atoms with Crippen molar-refractivity contribution in [2.75, 3.05) is 0 Å². The molecule has 0 amide bonds. The van der Waals surface area contributed by atoms with Crippen LogP contribution in [0.4, 0.5) is 4.39 Å². The minimum Gasteiger partial charge on any atom is -0.244 e. The normalized spacial score (nSPS) is 9.54. The molecule has 0 unspecified atom stereocenters. The molecule has 0 fully saturated rings. The Bertz CT molecular complexity index is 395. The van der Waals surface area contributed by atoms with Gasteiger partial charge in [-0.15, -0.1) is 11.3 Å². The fourth-order valence-corrected chi connectivity index (χ4v) is 1.87. The lowest BCUT2D eigenvalue weighted by molar-refractivity contribution is 0.629. The first-order valence-electron chi connectivity index (χ1n) is 4.27. The monoisotopic (exact) mass is 197 g/mol. The summed E-state index contributed by atoms with van der Waals surface area (Å²) in [7, 11) is 0. The molecule has 3 heteroatoms. The van der Waals surface area contributed by atoms with Crippen molar-refractivity contribution in [3.05, 3.63) is 29.0 Å². The Balaban J connectivity index is 0.000000396. The number of benzene rings is 1. The fraction of sp³-hybridized carbons (Fsp3) is 0.300. The van der Waals surface area contributed by atoms with E-state index in [9.17, 15) is 4.39 Å². The molecular formula is C10H12FNS. The quantitative estimate of drug-likeness (QED) is 0.626. The standard InChI is InChI=1S/C8H6FNS.C2H6/c1-5-2-6(9)3-7-8(5)10-4-11-7;1-2/h2-4H,1H3;1-2H3. The summed E-state index contributed by atoms with van der Waals surface area (Å²) in [6.07, 6.45) is 0. The van der Waals surface area contributed by atoms with Crippen molar-refractivity contribution in [1.29, 1.82) is 0 Å². The van der Waals surface area contributed by atoms with Gasteiger partial charge in [-0.25, -0.2) is 9.37 Å². The second-order valence-electron chi connectivity index (χ2n) is 2.42.